The predicted octanol–water partition coefficient (Wildman–Crippen LogP) is 3.61. The molecule has 0 unspecified atom stereocenters. The summed E-state index contributed by atoms with van der Waals surface area (Å²) in [6.45, 7) is 6.92. The van der Waals surface area contributed by atoms with E-state index < -0.39 is 0 Å². The Bertz CT molecular complexity index is 73.1. The van der Waals surface area contributed by atoms with Crippen LogP contribution in [0, 0.1) is 0 Å². The number of hydrogen-bond acceptors (Lipinski definition) is 0. The largest absolute Gasteiger partial charge is 0.108 e. The molecule has 0 spiro atoms. The topological polar surface area (TPSA) is 0 Å². The Labute approximate surface area is 81.5 Å². The van der Waals surface area contributed by atoms with Crippen LogP contribution in [0.4, 0.5) is 0 Å². The summed E-state index contributed by atoms with van der Waals surface area (Å²) >= 11 is 0. The Balaban J connectivity index is 3.40. The maximum Gasteiger partial charge on any atom is 0.108 e. The van der Waals surface area contributed by atoms with Crippen molar-refractivity contribution >= 4 is 10.9 Å². The summed E-state index contributed by atoms with van der Waals surface area (Å²) in [5.41, 5.74) is 0. The van der Waals surface area contributed by atoms with Crippen molar-refractivity contribution in [2.45, 2.75) is 52.9 Å². The zero-order chi connectivity index (χ0) is 9.23. The number of rotatable bonds is 8. The molecule has 0 aromatic carbocycles. The average Bonchev–Trinajstić information content (AvgIpc) is 2.10. The zero-order valence-electron chi connectivity index (χ0n) is 9.07. The van der Waals surface area contributed by atoms with Crippen LogP contribution in [0.25, 0.3) is 0 Å². The summed E-state index contributed by atoms with van der Waals surface area (Å²) in [7, 11) is 0.776. The van der Waals surface area contributed by atoms with Gasteiger partial charge in [-0.2, -0.15) is 0 Å². The molecule has 0 radical (unpaired) electrons. The highest BCUT2D eigenvalue weighted by Crippen LogP contribution is 2.06. The Hall–Kier alpha value is 0.350. The quantitative estimate of drug-likeness (QED) is 0.512. The van der Waals surface area contributed by atoms with Crippen LogP contribution in [-0.4, -0.2) is 17.3 Å². The first kappa shape index (κ1) is 12.3. The van der Waals surface area contributed by atoms with Gasteiger partial charge in [0.25, 0.3) is 0 Å². The standard InChI is InChI=1S/C11H25S/c1-4-7-10-12(9-6-3)11-8-5-2/h4-11H2,1-3H3/q+1. The van der Waals surface area contributed by atoms with E-state index in [4.69, 9.17) is 0 Å². The van der Waals surface area contributed by atoms with Gasteiger partial charge in [-0.3, -0.25) is 0 Å². The van der Waals surface area contributed by atoms with Crippen LogP contribution in [0.3, 0.4) is 0 Å². The molecule has 0 saturated carbocycles. The van der Waals surface area contributed by atoms with E-state index in [2.05, 4.69) is 20.8 Å². The van der Waals surface area contributed by atoms with Gasteiger partial charge in [-0.15, -0.1) is 0 Å². The van der Waals surface area contributed by atoms with Gasteiger partial charge in [-0.05, 0) is 30.2 Å². The van der Waals surface area contributed by atoms with Crippen molar-refractivity contribution in [1.82, 2.24) is 0 Å². The van der Waals surface area contributed by atoms with Gasteiger partial charge in [0.2, 0.25) is 0 Å². The van der Waals surface area contributed by atoms with Gasteiger partial charge in [0.05, 0.1) is 0 Å². The normalized spacial score (nSPS) is 11.0. The molecular formula is C11H25S+. The van der Waals surface area contributed by atoms with Crippen LogP contribution in [0.15, 0.2) is 0 Å². The summed E-state index contributed by atoms with van der Waals surface area (Å²) in [4.78, 5) is 0. The highest BCUT2D eigenvalue weighted by molar-refractivity contribution is 7.96. The van der Waals surface area contributed by atoms with Gasteiger partial charge < -0.3 is 0 Å². The second-order valence-corrected chi connectivity index (χ2v) is 5.88. The lowest BCUT2D eigenvalue weighted by Gasteiger charge is -2.06. The maximum atomic E-state index is 2.32. The summed E-state index contributed by atoms with van der Waals surface area (Å²) in [5.74, 6) is 4.49. The summed E-state index contributed by atoms with van der Waals surface area (Å²) in [5, 5.41) is 0. The van der Waals surface area contributed by atoms with Gasteiger partial charge >= 0.3 is 0 Å². The molecular weight excluding hydrogens is 164 g/mol. The van der Waals surface area contributed by atoms with Crippen LogP contribution < -0.4 is 0 Å². The molecule has 0 aliphatic heterocycles. The fourth-order valence-electron chi connectivity index (χ4n) is 1.29. The first-order chi connectivity index (χ1) is 5.85. The monoisotopic (exact) mass is 189 g/mol. The molecule has 0 atom stereocenters. The van der Waals surface area contributed by atoms with Crippen LogP contribution in [0.1, 0.15) is 52.9 Å². The molecule has 0 amide bonds. The van der Waals surface area contributed by atoms with Gasteiger partial charge in [-0.25, -0.2) is 0 Å². The Morgan fingerprint density at radius 1 is 0.667 bits per heavy atom. The summed E-state index contributed by atoms with van der Waals surface area (Å²) in [6.07, 6.45) is 7.04. The maximum absolute atomic E-state index is 2.32. The van der Waals surface area contributed by atoms with Crippen molar-refractivity contribution in [3.05, 3.63) is 0 Å². The second-order valence-electron chi connectivity index (χ2n) is 3.43. The summed E-state index contributed by atoms with van der Waals surface area (Å²) in [6, 6.07) is 0. The number of hydrogen-bond donors (Lipinski definition) is 0. The molecule has 12 heavy (non-hydrogen) atoms. The molecule has 0 aliphatic carbocycles. The van der Waals surface area contributed by atoms with E-state index >= 15 is 0 Å². The van der Waals surface area contributed by atoms with E-state index in [9.17, 15) is 0 Å². The minimum atomic E-state index is 0.776. The third kappa shape index (κ3) is 7.02. The van der Waals surface area contributed by atoms with Crippen molar-refractivity contribution in [2.75, 3.05) is 17.3 Å². The molecule has 0 aliphatic rings. The second kappa shape index (κ2) is 9.44. The lowest BCUT2D eigenvalue weighted by molar-refractivity contribution is 0.868. The van der Waals surface area contributed by atoms with Crippen LogP contribution in [0.5, 0.6) is 0 Å². The van der Waals surface area contributed by atoms with Crippen molar-refractivity contribution in [1.29, 1.82) is 0 Å². The van der Waals surface area contributed by atoms with Gasteiger partial charge in [-0.1, -0.05) is 33.6 Å². The molecule has 0 fully saturated rings. The van der Waals surface area contributed by atoms with Gasteiger partial charge in [0.1, 0.15) is 17.3 Å². The van der Waals surface area contributed by atoms with Crippen molar-refractivity contribution in [3.63, 3.8) is 0 Å². The smallest absolute Gasteiger partial charge is 0.0652 e. The van der Waals surface area contributed by atoms with E-state index in [1.165, 1.54) is 49.4 Å². The molecule has 0 heterocycles. The first-order valence-corrected chi connectivity index (χ1v) is 7.22. The lowest BCUT2D eigenvalue weighted by Crippen LogP contribution is -2.15. The molecule has 0 saturated heterocycles. The molecule has 1 heteroatoms. The van der Waals surface area contributed by atoms with Crippen molar-refractivity contribution in [2.24, 2.45) is 0 Å². The molecule has 0 bridgehead atoms. The Morgan fingerprint density at radius 2 is 1.17 bits per heavy atom. The molecule has 0 aromatic rings. The summed E-state index contributed by atoms with van der Waals surface area (Å²) < 4.78 is 0. The van der Waals surface area contributed by atoms with E-state index in [1.54, 1.807) is 0 Å². The van der Waals surface area contributed by atoms with E-state index in [0.29, 0.717) is 0 Å². The average molecular weight is 189 g/mol. The highest BCUT2D eigenvalue weighted by Gasteiger charge is 2.14. The lowest BCUT2D eigenvalue weighted by atomic mass is 10.4. The Morgan fingerprint density at radius 3 is 1.50 bits per heavy atom. The third-order valence-electron chi connectivity index (χ3n) is 2.07. The fourth-order valence-corrected chi connectivity index (χ4v) is 3.88. The van der Waals surface area contributed by atoms with Gasteiger partial charge in [0.15, 0.2) is 0 Å². The van der Waals surface area contributed by atoms with Crippen molar-refractivity contribution < 1.29 is 0 Å². The Kier molecular flexibility index (Phi) is 9.71. The fraction of sp³-hybridized carbons (Fsp3) is 1.00. The SMILES string of the molecule is CCCC[S+](CCC)CCCC. The van der Waals surface area contributed by atoms with E-state index in [1.807, 2.05) is 0 Å². The minimum absolute atomic E-state index is 0.776. The molecule has 0 rings (SSSR count). The van der Waals surface area contributed by atoms with E-state index in [0.717, 1.165) is 10.9 Å². The van der Waals surface area contributed by atoms with E-state index in [-0.39, 0.29) is 0 Å². The molecule has 0 nitrogen and oxygen atoms in total. The molecule has 0 aromatic heterocycles. The van der Waals surface area contributed by atoms with Crippen LogP contribution in [0.2, 0.25) is 0 Å². The first-order valence-electron chi connectivity index (χ1n) is 5.49. The predicted molar refractivity (Wildman–Crippen MR) is 62.1 cm³/mol. The van der Waals surface area contributed by atoms with Crippen LogP contribution >= 0.6 is 0 Å². The third-order valence-corrected chi connectivity index (χ3v) is 4.78. The number of unbranched alkanes of at least 4 members (excludes halogenated alkanes) is 2. The molecule has 74 valence electrons. The van der Waals surface area contributed by atoms with Crippen molar-refractivity contribution in [3.8, 4) is 0 Å². The zero-order valence-corrected chi connectivity index (χ0v) is 9.88. The van der Waals surface area contributed by atoms with Gasteiger partial charge in [0, 0.05) is 0 Å². The van der Waals surface area contributed by atoms with Crippen LogP contribution in [-0.2, 0) is 10.9 Å². The molecule has 0 N–H and O–H groups in total. The highest BCUT2D eigenvalue weighted by atomic mass is 32.2. The minimum Gasteiger partial charge on any atom is -0.0652 e.